The maximum Gasteiger partial charge on any atom is 0.103 e. The second kappa shape index (κ2) is 2.28. The zero-order chi connectivity index (χ0) is 8.84. The second-order valence-corrected chi connectivity index (χ2v) is 3.64. The van der Waals surface area contributed by atoms with Gasteiger partial charge in [0.25, 0.3) is 0 Å². The highest BCUT2D eigenvalue weighted by atomic mass is 15.3. The Bertz CT molecular complexity index is 382. The summed E-state index contributed by atoms with van der Waals surface area (Å²) in [6, 6.07) is 6.45. The van der Waals surface area contributed by atoms with E-state index < -0.39 is 0 Å². The first-order chi connectivity index (χ1) is 6.36. The van der Waals surface area contributed by atoms with Gasteiger partial charge in [-0.15, -0.1) is 0 Å². The SMILES string of the molecule is C=C1Nc2cccc3c2N1CCC3. The number of aryl methyl sites for hydroxylation is 1. The molecule has 2 nitrogen and oxygen atoms in total. The summed E-state index contributed by atoms with van der Waals surface area (Å²) in [6.45, 7) is 5.12. The van der Waals surface area contributed by atoms with E-state index >= 15 is 0 Å². The largest absolute Gasteiger partial charge is 0.340 e. The first kappa shape index (κ1) is 7.01. The van der Waals surface area contributed by atoms with Gasteiger partial charge in [-0.25, -0.2) is 0 Å². The monoisotopic (exact) mass is 172 g/mol. The molecule has 0 saturated carbocycles. The van der Waals surface area contributed by atoms with Gasteiger partial charge in [0.2, 0.25) is 0 Å². The summed E-state index contributed by atoms with van der Waals surface area (Å²) in [5.41, 5.74) is 4.04. The molecule has 1 aromatic carbocycles. The van der Waals surface area contributed by atoms with Gasteiger partial charge in [0.15, 0.2) is 0 Å². The molecule has 2 aliphatic heterocycles. The van der Waals surface area contributed by atoms with Crippen LogP contribution in [0.4, 0.5) is 11.4 Å². The molecule has 0 radical (unpaired) electrons. The van der Waals surface area contributed by atoms with Crippen molar-refractivity contribution in [2.75, 3.05) is 16.8 Å². The molecule has 0 saturated heterocycles. The number of hydrogen-bond acceptors (Lipinski definition) is 2. The van der Waals surface area contributed by atoms with E-state index in [1.165, 1.54) is 29.8 Å². The van der Waals surface area contributed by atoms with E-state index in [1.54, 1.807) is 0 Å². The van der Waals surface area contributed by atoms with Crippen molar-refractivity contribution in [1.82, 2.24) is 0 Å². The number of anilines is 2. The van der Waals surface area contributed by atoms with E-state index in [2.05, 4.69) is 35.0 Å². The molecule has 0 aromatic heterocycles. The smallest absolute Gasteiger partial charge is 0.103 e. The third kappa shape index (κ3) is 0.829. The average Bonchev–Trinajstić information content (AvgIpc) is 2.47. The molecular weight excluding hydrogens is 160 g/mol. The summed E-state index contributed by atoms with van der Waals surface area (Å²) in [7, 11) is 0. The molecule has 3 rings (SSSR count). The molecule has 1 N–H and O–H groups in total. The Labute approximate surface area is 77.9 Å². The zero-order valence-corrected chi connectivity index (χ0v) is 7.51. The van der Waals surface area contributed by atoms with Gasteiger partial charge in [0.05, 0.1) is 11.4 Å². The van der Waals surface area contributed by atoms with E-state index in [-0.39, 0.29) is 0 Å². The molecule has 0 unspecified atom stereocenters. The summed E-state index contributed by atoms with van der Waals surface area (Å²) >= 11 is 0. The molecule has 2 heteroatoms. The topological polar surface area (TPSA) is 15.3 Å². The molecule has 2 aliphatic rings. The van der Waals surface area contributed by atoms with E-state index in [1.807, 2.05) is 0 Å². The van der Waals surface area contributed by atoms with Gasteiger partial charge in [-0.2, -0.15) is 0 Å². The molecule has 66 valence electrons. The molecule has 0 bridgehead atoms. The fourth-order valence-electron chi connectivity index (χ4n) is 2.24. The number of nitrogens with zero attached hydrogens (tertiary/aromatic N) is 1. The summed E-state index contributed by atoms with van der Waals surface area (Å²) < 4.78 is 0. The molecule has 0 fully saturated rings. The minimum absolute atomic E-state index is 1.03. The standard InChI is InChI=1S/C11H12N2/c1-8-12-10-6-2-4-9-5-3-7-13(8)11(9)10/h2,4,6,12H,1,3,5,7H2. The lowest BCUT2D eigenvalue weighted by molar-refractivity contribution is 0.760. The second-order valence-electron chi connectivity index (χ2n) is 3.64. The third-order valence-electron chi connectivity index (χ3n) is 2.82. The normalized spacial score (nSPS) is 18.5. The molecule has 0 amide bonds. The molecule has 1 aromatic rings. The van der Waals surface area contributed by atoms with Crippen LogP contribution in [0, 0.1) is 0 Å². The Morgan fingerprint density at radius 1 is 1.38 bits per heavy atom. The van der Waals surface area contributed by atoms with Gasteiger partial charge in [0.1, 0.15) is 5.82 Å². The Morgan fingerprint density at radius 3 is 3.23 bits per heavy atom. The van der Waals surface area contributed by atoms with Gasteiger partial charge in [-0.3, -0.25) is 0 Å². The fraction of sp³-hybridized carbons (Fsp3) is 0.273. The Hall–Kier alpha value is -1.44. The van der Waals surface area contributed by atoms with E-state index in [4.69, 9.17) is 0 Å². The number of para-hydroxylation sites is 1. The first-order valence-electron chi connectivity index (χ1n) is 4.71. The minimum Gasteiger partial charge on any atom is -0.340 e. The van der Waals surface area contributed by atoms with Crippen LogP contribution in [0.2, 0.25) is 0 Å². The Morgan fingerprint density at radius 2 is 2.31 bits per heavy atom. The summed E-state index contributed by atoms with van der Waals surface area (Å²) in [5, 5.41) is 3.31. The van der Waals surface area contributed by atoms with Crippen LogP contribution < -0.4 is 10.2 Å². The lowest BCUT2D eigenvalue weighted by Crippen LogP contribution is -2.25. The number of hydrogen-bond donors (Lipinski definition) is 1. The number of rotatable bonds is 0. The van der Waals surface area contributed by atoms with Crippen LogP contribution in [-0.2, 0) is 6.42 Å². The molecule has 2 heterocycles. The zero-order valence-electron chi connectivity index (χ0n) is 7.51. The van der Waals surface area contributed by atoms with Crippen molar-refractivity contribution in [3.8, 4) is 0 Å². The highest BCUT2D eigenvalue weighted by Crippen LogP contribution is 2.41. The van der Waals surface area contributed by atoms with Crippen LogP contribution in [0.15, 0.2) is 30.6 Å². The van der Waals surface area contributed by atoms with Gasteiger partial charge in [-0.1, -0.05) is 18.7 Å². The molecule has 0 aliphatic carbocycles. The molecule has 0 spiro atoms. The van der Waals surface area contributed by atoms with Gasteiger partial charge in [-0.05, 0) is 24.5 Å². The number of nitrogens with one attached hydrogen (secondary N) is 1. The van der Waals surface area contributed by atoms with E-state index in [0.717, 1.165) is 12.4 Å². The molecule has 0 atom stereocenters. The highest BCUT2D eigenvalue weighted by Gasteiger charge is 2.27. The van der Waals surface area contributed by atoms with Crippen LogP contribution in [0.3, 0.4) is 0 Å². The quantitative estimate of drug-likeness (QED) is 0.646. The first-order valence-corrected chi connectivity index (χ1v) is 4.71. The average molecular weight is 172 g/mol. The lowest BCUT2D eigenvalue weighted by Gasteiger charge is -2.25. The van der Waals surface area contributed by atoms with Crippen molar-refractivity contribution >= 4 is 11.4 Å². The fourth-order valence-corrected chi connectivity index (χ4v) is 2.24. The van der Waals surface area contributed by atoms with Crippen molar-refractivity contribution in [3.63, 3.8) is 0 Å². The lowest BCUT2D eigenvalue weighted by atomic mass is 10.0. The summed E-state index contributed by atoms with van der Waals surface area (Å²) in [5.74, 6) is 1.03. The summed E-state index contributed by atoms with van der Waals surface area (Å²) in [4.78, 5) is 2.29. The van der Waals surface area contributed by atoms with Crippen LogP contribution in [0.1, 0.15) is 12.0 Å². The third-order valence-corrected chi connectivity index (χ3v) is 2.82. The van der Waals surface area contributed by atoms with Gasteiger partial charge in [0, 0.05) is 6.54 Å². The predicted octanol–water partition coefficient (Wildman–Crippen LogP) is 2.34. The van der Waals surface area contributed by atoms with Crippen molar-refractivity contribution in [3.05, 3.63) is 36.2 Å². The van der Waals surface area contributed by atoms with Crippen LogP contribution in [0.5, 0.6) is 0 Å². The van der Waals surface area contributed by atoms with E-state index in [9.17, 15) is 0 Å². The van der Waals surface area contributed by atoms with Crippen molar-refractivity contribution < 1.29 is 0 Å². The summed E-state index contributed by atoms with van der Waals surface area (Å²) in [6.07, 6.45) is 2.44. The Kier molecular flexibility index (Phi) is 1.23. The van der Waals surface area contributed by atoms with Gasteiger partial charge < -0.3 is 10.2 Å². The maximum absolute atomic E-state index is 4.01. The predicted molar refractivity (Wildman–Crippen MR) is 54.9 cm³/mol. The minimum atomic E-state index is 1.03. The van der Waals surface area contributed by atoms with Crippen LogP contribution in [-0.4, -0.2) is 6.54 Å². The van der Waals surface area contributed by atoms with Crippen molar-refractivity contribution in [2.45, 2.75) is 12.8 Å². The van der Waals surface area contributed by atoms with Crippen LogP contribution >= 0.6 is 0 Å². The molecular formula is C11H12N2. The number of benzene rings is 1. The van der Waals surface area contributed by atoms with E-state index in [0.29, 0.717) is 0 Å². The maximum atomic E-state index is 4.01. The highest BCUT2D eigenvalue weighted by molar-refractivity contribution is 5.83. The Balaban J connectivity index is 2.25. The van der Waals surface area contributed by atoms with Gasteiger partial charge >= 0.3 is 0 Å². The molecule has 13 heavy (non-hydrogen) atoms. The van der Waals surface area contributed by atoms with Crippen LogP contribution in [0.25, 0.3) is 0 Å². The van der Waals surface area contributed by atoms with Crippen molar-refractivity contribution in [2.24, 2.45) is 0 Å². The van der Waals surface area contributed by atoms with Crippen molar-refractivity contribution in [1.29, 1.82) is 0 Å².